The molecule has 25 heavy (non-hydrogen) atoms. The first-order valence-corrected chi connectivity index (χ1v) is 9.12. The number of aromatic amines is 1. The zero-order valence-electron chi connectivity index (χ0n) is 13.1. The molecule has 0 aliphatic rings. The quantitative estimate of drug-likeness (QED) is 0.522. The maximum atomic E-state index is 12.4. The summed E-state index contributed by atoms with van der Waals surface area (Å²) in [5.41, 5.74) is 2.35. The Hall–Kier alpha value is -2.38. The first-order chi connectivity index (χ1) is 12.1. The maximum absolute atomic E-state index is 12.4. The molecule has 2 aromatic heterocycles. The minimum atomic E-state index is -0.165. The molecule has 2 heterocycles. The highest BCUT2D eigenvalue weighted by Gasteiger charge is 2.16. The molecule has 2 aromatic carbocycles. The van der Waals surface area contributed by atoms with Crippen LogP contribution >= 0.6 is 27.7 Å². The first-order valence-electron chi connectivity index (χ1n) is 7.51. The first kappa shape index (κ1) is 16.1. The Labute approximate surface area is 155 Å². The van der Waals surface area contributed by atoms with Crippen LogP contribution in [-0.4, -0.2) is 15.2 Å². The molecule has 0 bridgehead atoms. The van der Waals surface area contributed by atoms with Gasteiger partial charge in [-0.3, -0.25) is 4.79 Å². The molecule has 7 heteroatoms. The average molecular weight is 414 g/mol. The number of pyridine rings is 1. The van der Waals surface area contributed by atoms with E-state index in [1.54, 1.807) is 0 Å². The Morgan fingerprint density at radius 2 is 1.84 bits per heavy atom. The van der Waals surface area contributed by atoms with Gasteiger partial charge < -0.3 is 9.40 Å². The molecule has 0 unspecified atom stereocenters. The monoisotopic (exact) mass is 413 g/mol. The predicted molar refractivity (Wildman–Crippen MR) is 101 cm³/mol. The van der Waals surface area contributed by atoms with E-state index in [2.05, 4.69) is 31.1 Å². The van der Waals surface area contributed by atoms with Gasteiger partial charge in [0.2, 0.25) is 5.89 Å². The van der Waals surface area contributed by atoms with Crippen molar-refractivity contribution >= 4 is 38.6 Å². The third kappa shape index (κ3) is 3.01. The molecular formula is C18H12BrN3O2S. The molecule has 0 saturated heterocycles. The molecule has 0 atom stereocenters. The maximum Gasteiger partial charge on any atom is 0.281 e. The van der Waals surface area contributed by atoms with Gasteiger partial charge in [-0.15, -0.1) is 10.2 Å². The van der Waals surface area contributed by atoms with E-state index in [1.165, 1.54) is 11.8 Å². The Morgan fingerprint density at radius 1 is 1.08 bits per heavy atom. The van der Waals surface area contributed by atoms with E-state index in [-0.39, 0.29) is 5.56 Å². The zero-order chi connectivity index (χ0) is 17.4. The number of benzene rings is 2. The summed E-state index contributed by atoms with van der Waals surface area (Å²) in [7, 11) is 0. The van der Waals surface area contributed by atoms with Gasteiger partial charge in [-0.2, -0.15) is 0 Å². The third-order valence-corrected chi connectivity index (χ3v) is 5.55. The number of rotatable bonds is 3. The van der Waals surface area contributed by atoms with E-state index in [0.717, 1.165) is 26.5 Å². The van der Waals surface area contributed by atoms with Gasteiger partial charge in [0.05, 0.1) is 10.5 Å². The molecular weight excluding hydrogens is 402 g/mol. The lowest BCUT2D eigenvalue weighted by Gasteiger charge is -2.06. The molecule has 0 aliphatic carbocycles. The number of nitrogens with one attached hydrogen (secondary N) is 1. The van der Waals surface area contributed by atoms with Crippen molar-refractivity contribution in [3.63, 3.8) is 0 Å². The number of aryl methyl sites for hydroxylation is 1. The average Bonchev–Trinajstić information content (AvgIpc) is 3.07. The van der Waals surface area contributed by atoms with Gasteiger partial charge in [-0.25, -0.2) is 0 Å². The smallest absolute Gasteiger partial charge is 0.281 e. The highest BCUT2D eigenvalue weighted by Crippen LogP contribution is 2.33. The van der Waals surface area contributed by atoms with Gasteiger partial charge in [-0.1, -0.05) is 30.3 Å². The number of hydrogen-bond acceptors (Lipinski definition) is 5. The number of nitrogens with zero attached hydrogens (tertiary/aromatic N) is 2. The van der Waals surface area contributed by atoms with Gasteiger partial charge >= 0.3 is 0 Å². The van der Waals surface area contributed by atoms with Crippen molar-refractivity contribution in [3.05, 3.63) is 68.9 Å². The van der Waals surface area contributed by atoms with Crippen LogP contribution in [0.3, 0.4) is 0 Å². The molecule has 0 amide bonds. The molecule has 4 rings (SSSR count). The fourth-order valence-corrected chi connectivity index (χ4v) is 3.83. The van der Waals surface area contributed by atoms with E-state index in [9.17, 15) is 4.79 Å². The summed E-state index contributed by atoms with van der Waals surface area (Å²) in [5.74, 6) is 0.407. The number of halogens is 1. The molecule has 0 fully saturated rings. The van der Waals surface area contributed by atoms with E-state index in [0.29, 0.717) is 16.0 Å². The molecule has 0 aliphatic heterocycles. The van der Waals surface area contributed by atoms with Crippen molar-refractivity contribution in [2.45, 2.75) is 17.0 Å². The Balaban J connectivity index is 1.73. The fraction of sp³-hybridized carbons (Fsp3) is 0.0556. The van der Waals surface area contributed by atoms with Gasteiger partial charge in [-0.05, 0) is 58.4 Å². The summed E-state index contributed by atoms with van der Waals surface area (Å²) in [4.78, 5) is 15.9. The normalized spacial score (nSPS) is 11.1. The van der Waals surface area contributed by atoms with E-state index < -0.39 is 0 Å². The van der Waals surface area contributed by atoms with Crippen molar-refractivity contribution in [1.29, 1.82) is 0 Å². The molecule has 0 spiro atoms. The van der Waals surface area contributed by atoms with Crippen LogP contribution in [0.1, 0.15) is 5.56 Å². The van der Waals surface area contributed by atoms with Crippen LogP contribution in [0.15, 0.2) is 72.3 Å². The number of fused-ring (bicyclic) bond motifs is 1. The Bertz CT molecular complexity index is 1140. The summed E-state index contributed by atoms with van der Waals surface area (Å²) in [6, 6.07) is 15.3. The van der Waals surface area contributed by atoms with Crippen LogP contribution in [0.5, 0.6) is 0 Å². The van der Waals surface area contributed by atoms with Crippen LogP contribution in [-0.2, 0) is 0 Å². The van der Waals surface area contributed by atoms with Crippen molar-refractivity contribution in [3.8, 4) is 11.5 Å². The Morgan fingerprint density at radius 3 is 2.68 bits per heavy atom. The number of aromatic nitrogens is 3. The highest BCUT2D eigenvalue weighted by atomic mass is 79.9. The highest BCUT2D eigenvalue weighted by molar-refractivity contribution is 9.10. The standard InChI is InChI=1S/C18H12BrN3O2S/c1-10-11-6-3-5-9-14(11)20-16(23)15(10)25-18-22-21-17(24-18)12-7-2-4-8-13(12)19/h2-9H,1H3,(H,20,23). The molecule has 5 nitrogen and oxygen atoms in total. The number of H-pyrrole nitrogens is 1. The van der Waals surface area contributed by atoms with Crippen LogP contribution in [0.25, 0.3) is 22.4 Å². The van der Waals surface area contributed by atoms with Crippen LogP contribution in [0, 0.1) is 6.92 Å². The SMILES string of the molecule is Cc1c(Sc2nnc(-c3ccccc3Br)o2)c(=O)[nH]c2ccccc12. The van der Waals surface area contributed by atoms with E-state index in [1.807, 2.05) is 55.5 Å². The second-order valence-corrected chi connectivity index (χ2v) is 7.22. The van der Waals surface area contributed by atoms with Crippen LogP contribution in [0.2, 0.25) is 0 Å². The number of hydrogen-bond donors (Lipinski definition) is 1. The second-order valence-electron chi connectivity index (χ2n) is 5.41. The fourth-order valence-electron chi connectivity index (χ4n) is 2.60. The molecule has 4 aromatic rings. The molecule has 1 N–H and O–H groups in total. The molecule has 0 saturated carbocycles. The van der Waals surface area contributed by atoms with E-state index in [4.69, 9.17) is 4.42 Å². The van der Waals surface area contributed by atoms with Crippen molar-refractivity contribution in [2.24, 2.45) is 0 Å². The van der Waals surface area contributed by atoms with Crippen molar-refractivity contribution < 1.29 is 4.42 Å². The summed E-state index contributed by atoms with van der Waals surface area (Å²) in [5, 5.41) is 9.47. The lowest BCUT2D eigenvalue weighted by atomic mass is 10.1. The lowest BCUT2D eigenvalue weighted by Crippen LogP contribution is -2.10. The summed E-state index contributed by atoms with van der Waals surface area (Å²) in [6.45, 7) is 1.92. The van der Waals surface area contributed by atoms with Gasteiger partial charge in [0.1, 0.15) is 0 Å². The Kier molecular flexibility index (Phi) is 4.19. The van der Waals surface area contributed by atoms with E-state index >= 15 is 0 Å². The second kappa shape index (κ2) is 6.50. The van der Waals surface area contributed by atoms with Gasteiger partial charge in [0.25, 0.3) is 10.8 Å². The minimum absolute atomic E-state index is 0.165. The lowest BCUT2D eigenvalue weighted by molar-refractivity contribution is 0.465. The largest absolute Gasteiger partial charge is 0.411 e. The van der Waals surface area contributed by atoms with Crippen molar-refractivity contribution in [1.82, 2.24) is 15.2 Å². The molecule has 0 radical (unpaired) electrons. The third-order valence-electron chi connectivity index (χ3n) is 3.83. The zero-order valence-corrected chi connectivity index (χ0v) is 15.5. The minimum Gasteiger partial charge on any atom is -0.411 e. The van der Waals surface area contributed by atoms with Crippen LogP contribution in [0.4, 0.5) is 0 Å². The predicted octanol–water partition coefficient (Wildman–Crippen LogP) is 4.80. The molecule has 124 valence electrons. The summed E-state index contributed by atoms with van der Waals surface area (Å²) >= 11 is 4.65. The number of para-hydroxylation sites is 1. The van der Waals surface area contributed by atoms with Crippen LogP contribution < -0.4 is 5.56 Å². The topological polar surface area (TPSA) is 71.8 Å². The summed E-state index contributed by atoms with van der Waals surface area (Å²) in [6.07, 6.45) is 0. The van der Waals surface area contributed by atoms with Gasteiger partial charge in [0.15, 0.2) is 0 Å². The van der Waals surface area contributed by atoms with Crippen molar-refractivity contribution in [2.75, 3.05) is 0 Å². The van der Waals surface area contributed by atoms with Gasteiger partial charge in [0, 0.05) is 15.4 Å². The summed E-state index contributed by atoms with van der Waals surface area (Å²) < 4.78 is 6.60.